The molecule has 1 amide bonds. The van der Waals surface area contributed by atoms with Gasteiger partial charge in [-0.3, -0.25) is 9.59 Å². The second-order valence-electron chi connectivity index (χ2n) is 7.13. The van der Waals surface area contributed by atoms with Gasteiger partial charge in [0.2, 0.25) is 0 Å². The maximum absolute atomic E-state index is 13.3. The molecule has 2 heterocycles. The molecule has 0 spiro atoms. The molecule has 158 valence electrons. The van der Waals surface area contributed by atoms with Crippen molar-refractivity contribution in [2.45, 2.75) is 19.5 Å². The van der Waals surface area contributed by atoms with Crippen LogP contribution >= 0.6 is 23.2 Å². The number of hydrogen-bond acceptors (Lipinski definition) is 4. The number of Topliss-reactive ketones (excluding diaryl/α,β-unsaturated/α-hetero) is 1. The highest BCUT2D eigenvalue weighted by atomic mass is 35.5. The first-order chi connectivity index (χ1) is 14.8. The Morgan fingerprint density at radius 3 is 2.39 bits per heavy atom. The number of hydrogen-bond donors (Lipinski definition) is 1. The van der Waals surface area contributed by atoms with Crippen LogP contribution in [0.3, 0.4) is 0 Å². The van der Waals surface area contributed by atoms with Crippen LogP contribution in [0.5, 0.6) is 0 Å². The van der Waals surface area contributed by atoms with Gasteiger partial charge in [-0.15, -0.1) is 0 Å². The van der Waals surface area contributed by atoms with Gasteiger partial charge in [-0.25, -0.2) is 4.39 Å². The lowest BCUT2D eigenvalue weighted by atomic mass is 9.99. The van der Waals surface area contributed by atoms with Crippen molar-refractivity contribution in [3.8, 4) is 0 Å². The maximum Gasteiger partial charge on any atom is 0.296 e. The van der Waals surface area contributed by atoms with Crippen molar-refractivity contribution in [3.63, 3.8) is 0 Å². The van der Waals surface area contributed by atoms with E-state index in [4.69, 9.17) is 27.6 Å². The molecule has 1 unspecified atom stereocenters. The van der Waals surface area contributed by atoms with Gasteiger partial charge in [0, 0.05) is 12.1 Å². The summed E-state index contributed by atoms with van der Waals surface area (Å²) in [5, 5.41) is 11.4. The standard InChI is InChI=1S/C23H16Cl2FNO4/c1-12-2-9-18(31-12)20-19(21(28)14-5-8-16(24)17(25)10-14)22(29)23(30)27(20)11-13-3-6-15(26)7-4-13/h2-10,20,28H,11H2,1H3/b21-19-. The van der Waals surface area contributed by atoms with Crippen LogP contribution in [0.25, 0.3) is 5.76 Å². The third-order valence-corrected chi connectivity index (χ3v) is 5.77. The number of aliphatic hydroxyl groups is 1. The van der Waals surface area contributed by atoms with Gasteiger partial charge in [-0.2, -0.15) is 0 Å². The maximum atomic E-state index is 13.3. The summed E-state index contributed by atoms with van der Waals surface area (Å²) in [6.45, 7) is 1.75. The number of rotatable bonds is 4. The third-order valence-electron chi connectivity index (χ3n) is 5.03. The van der Waals surface area contributed by atoms with E-state index in [2.05, 4.69) is 0 Å². The summed E-state index contributed by atoms with van der Waals surface area (Å²) in [7, 11) is 0. The zero-order valence-corrected chi connectivity index (χ0v) is 17.7. The van der Waals surface area contributed by atoms with Crippen molar-refractivity contribution < 1.29 is 23.5 Å². The van der Waals surface area contributed by atoms with Crippen molar-refractivity contribution in [1.29, 1.82) is 0 Å². The Labute approximate surface area is 187 Å². The molecule has 0 radical (unpaired) electrons. The number of likely N-dealkylation sites (tertiary alicyclic amines) is 1. The van der Waals surface area contributed by atoms with Gasteiger partial charge >= 0.3 is 0 Å². The van der Waals surface area contributed by atoms with E-state index in [0.29, 0.717) is 17.1 Å². The van der Waals surface area contributed by atoms with Gasteiger partial charge in [0.15, 0.2) is 0 Å². The van der Waals surface area contributed by atoms with Crippen molar-refractivity contribution in [2.24, 2.45) is 0 Å². The fraction of sp³-hybridized carbons (Fsp3) is 0.130. The molecule has 0 saturated carbocycles. The Morgan fingerprint density at radius 2 is 1.77 bits per heavy atom. The van der Waals surface area contributed by atoms with Gasteiger partial charge in [0.05, 0.1) is 15.6 Å². The van der Waals surface area contributed by atoms with Crippen molar-refractivity contribution >= 4 is 40.7 Å². The number of nitrogens with zero attached hydrogens (tertiary/aromatic N) is 1. The van der Waals surface area contributed by atoms with E-state index in [1.54, 1.807) is 19.1 Å². The summed E-state index contributed by atoms with van der Waals surface area (Å²) in [6.07, 6.45) is 0. The van der Waals surface area contributed by atoms with E-state index < -0.39 is 29.3 Å². The van der Waals surface area contributed by atoms with Crippen molar-refractivity contribution in [1.82, 2.24) is 4.90 Å². The molecular formula is C23H16Cl2FNO4. The van der Waals surface area contributed by atoms with Crippen LogP contribution < -0.4 is 0 Å². The van der Waals surface area contributed by atoms with Gasteiger partial charge in [-0.1, -0.05) is 35.3 Å². The Kier molecular flexibility index (Phi) is 5.60. The minimum atomic E-state index is -0.965. The van der Waals surface area contributed by atoms with Crippen molar-refractivity contribution in [2.75, 3.05) is 0 Å². The average molecular weight is 460 g/mol. The van der Waals surface area contributed by atoms with Gasteiger partial charge in [0.25, 0.3) is 11.7 Å². The predicted molar refractivity (Wildman–Crippen MR) is 114 cm³/mol. The quantitative estimate of drug-likeness (QED) is 0.310. The summed E-state index contributed by atoms with van der Waals surface area (Å²) in [6, 6.07) is 12.4. The third kappa shape index (κ3) is 3.96. The lowest BCUT2D eigenvalue weighted by Gasteiger charge is -2.23. The summed E-state index contributed by atoms with van der Waals surface area (Å²) in [5.74, 6) is -1.56. The normalized spacial score (nSPS) is 18.1. The van der Waals surface area contributed by atoms with E-state index in [-0.39, 0.29) is 27.7 Å². The molecule has 2 aromatic carbocycles. The summed E-state index contributed by atoms with van der Waals surface area (Å²) < 4.78 is 19.0. The molecule has 5 nitrogen and oxygen atoms in total. The number of benzene rings is 2. The molecule has 1 atom stereocenters. The van der Waals surface area contributed by atoms with Crippen LogP contribution in [0, 0.1) is 12.7 Å². The summed E-state index contributed by atoms with van der Waals surface area (Å²) in [5.41, 5.74) is 0.730. The highest BCUT2D eigenvalue weighted by Crippen LogP contribution is 2.41. The topological polar surface area (TPSA) is 70.8 Å². The molecule has 1 saturated heterocycles. The van der Waals surface area contributed by atoms with Crippen LogP contribution in [0.2, 0.25) is 10.0 Å². The van der Waals surface area contributed by atoms with Crippen molar-refractivity contribution in [3.05, 3.63) is 98.7 Å². The molecule has 31 heavy (non-hydrogen) atoms. The molecule has 3 aromatic rings. The molecule has 0 bridgehead atoms. The molecule has 1 aliphatic heterocycles. The minimum absolute atomic E-state index is 0.0213. The smallest absolute Gasteiger partial charge is 0.296 e. The predicted octanol–water partition coefficient (Wildman–Crippen LogP) is 5.66. The zero-order valence-electron chi connectivity index (χ0n) is 16.2. The number of halogens is 3. The first-order valence-electron chi connectivity index (χ1n) is 9.31. The molecule has 1 aliphatic rings. The van der Waals surface area contributed by atoms with E-state index in [1.165, 1.54) is 47.4 Å². The molecule has 8 heteroatoms. The van der Waals surface area contributed by atoms with E-state index >= 15 is 0 Å². The molecule has 0 aliphatic carbocycles. The molecule has 1 fully saturated rings. The number of aliphatic hydroxyl groups excluding tert-OH is 1. The molecule has 4 rings (SSSR count). The van der Waals surface area contributed by atoms with Crippen LogP contribution in [0.15, 0.2) is 64.6 Å². The summed E-state index contributed by atoms with van der Waals surface area (Å²) >= 11 is 12.0. The van der Waals surface area contributed by atoms with Crippen LogP contribution in [-0.2, 0) is 16.1 Å². The number of furan rings is 1. The number of aryl methyl sites for hydroxylation is 1. The Balaban J connectivity index is 1.84. The second-order valence-corrected chi connectivity index (χ2v) is 7.95. The molecule has 1 N–H and O–H groups in total. The second kappa shape index (κ2) is 8.21. The first kappa shape index (κ1) is 21.2. The van der Waals surface area contributed by atoms with E-state index in [0.717, 1.165) is 0 Å². The fourth-order valence-electron chi connectivity index (χ4n) is 3.52. The Morgan fingerprint density at radius 1 is 1.06 bits per heavy atom. The largest absolute Gasteiger partial charge is 0.507 e. The monoisotopic (exact) mass is 459 g/mol. The lowest BCUT2D eigenvalue weighted by molar-refractivity contribution is -0.140. The Hall–Kier alpha value is -3.09. The number of amides is 1. The van der Waals surface area contributed by atoms with Crippen LogP contribution in [0.4, 0.5) is 4.39 Å². The van der Waals surface area contributed by atoms with E-state index in [9.17, 15) is 19.1 Å². The van der Waals surface area contributed by atoms with Gasteiger partial charge < -0.3 is 14.4 Å². The fourth-order valence-corrected chi connectivity index (χ4v) is 3.82. The minimum Gasteiger partial charge on any atom is -0.507 e. The van der Waals surface area contributed by atoms with Crippen LogP contribution in [-0.4, -0.2) is 21.7 Å². The van der Waals surface area contributed by atoms with Crippen LogP contribution in [0.1, 0.15) is 28.7 Å². The zero-order chi connectivity index (χ0) is 22.3. The molecular weight excluding hydrogens is 444 g/mol. The van der Waals surface area contributed by atoms with Gasteiger partial charge in [-0.05, 0) is 55.0 Å². The average Bonchev–Trinajstić information content (AvgIpc) is 3.27. The number of carbonyl (C=O) groups is 2. The SMILES string of the molecule is Cc1ccc(C2/C(=C(/O)c3ccc(Cl)c(Cl)c3)C(=O)C(=O)N2Cc2ccc(F)cc2)o1. The van der Waals surface area contributed by atoms with E-state index in [1.807, 2.05) is 0 Å². The lowest BCUT2D eigenvalue weighted by Crippen LogP contribution is -2.29. The Bertz CT molecular complexity index is 1220. The van der Waals surface area contributed by atoms with Gasteiger partial charge in [0.1, 0.15) is 29.1 Å². The highest BCUT2D eigenvalue weighted by Gasteiger charge is 2.47. The first-order valence-corrected chi connectivity index (χ1v) is 10.1. The number of carbonyl (C=O) groups excluding carboxylic acids is 2. The summed E-state index contributed by atoms with van der Waals surface area (Å²) in [4.78, 5) is 27.1. The molecule has 1 aromatic heterocycles. The highest BCUT2D eigenvalue weighted by molar-refractivity contribution is 6.46. The number of ketones is 1.